The molecule has 0 aromatic rings. The summed E-state index contributed by atoms with van der Waals surface area (Å²) in [5, 5.41) is 21.0. The Labute approximate surface area is 348 Å². The van der Waals surface area contributed by atoms with Crippen molar-refractivity contribution in [3.63, 3.8) is 0 Å². The monoisotopic (exact) mass is 817 g/mol. The van der Waals surface area contributed by atoms with Crippen LogP contribution in [0.25, 0.3) is 0 Å². The fraction of sp³-hybridized carbons (Fsp3) is 0.957. The van der Waals surface area contributed by atoms with Crippen molar-refractivity contribution >= 4 is 11.9 Å². The first kappa shape index (κ1) is 53.7. The summed E-state index contributed by atoms with van der Waals surface area (Å²) in [4.78, 5) is 23.3. The minimum atomic E-state index is -0.991. The summed E-state index contributed by atoms with van der Waals surface area (Å²) >= 11 is 0. The lowest BCUT2D eigenvalue weighted by molar-refractivity contribution is -0.335. The van der Waals surface area contributed by atoms with Crippen LogP contribution < -0.4 is 0 Å². The number of unbranched alkanes of at least 4 members (excludes halogenated alkanes) is 1. The molecule has 0 saturated carbocycles. The van der Waals surface area contributed by atoms with Gasteiger partial charge in [-0.15, -0.1) is 0 Å². The molecule has 4 aliphatic heterocycles. The molecule has 11 heteroatoms. The Hall–Kier alpha value is -1.34. The van der Waals surface area contributed by atoms with Gasteiger partial charge in [0, 0.05) is 38.7 Å². The zero-order valence-electron chi connectivity index (χ0n) is 39.2. The molecule has 0 aromatic heterocycles. The molecule has 4 rings (SSSR count). The van der Waals surface area contributed by atoms with E-state index in [4.69, 9.17) is 33.2 Å². The van der Waals surface area contributed by atoms with Crippen LogP contribution in [0.1, 0.15) is 181 Å². The highest BCUT2D eigenvalue weighted by molar-refractivity contribution is 5.70. The van der Waals surface area contributed by atoms with E-state index in [0.717, 1.165) is 38.5 Å². The first-order chi connectivity index (χ1) is 26.9. The largest absolute Gasteiger partial charge is 0.481 e. The van der Waals surface area contributed by atoms with Crippen molar-refractivity contribution in [1.82, 2.24) is 0 Å². The smallest absolute Gasteiger partial charge is 0.308 e. The van der Waals surface area contributed by atoms with E-state index < -0.39 is 47.2 Å². The van der Waals surface area contributed by atoms with E-state index in [1.165, 1.54) is 33.3 Å². The van der Waals surface area contributed by atoms with Crippen molar-refractivity contribution in [3.8, 4) is 0 Å². The van der Waals surface area contributed by atoms with Crippen molar-refractivity contribution in [1.29, 1.82) is 0 Å². The fourth-order valence-electron chi connectivity index (χ4n) is 9.39. The molecule has 0 radical (unpaired) electrons. The number of carboxylic acids is 1. The number of aliphatic hydroxyl groups excluding tert-OH is 1. The number of carbonyl (C=O) groups excluding carboxylic acids is 1. The fourth-order valence-corrected chi connectivity index (χ4v) is 9.39. The molecular weight excluding hydrogens is 728 g/mol. The highest BCUT2D eigenvalue weighted by Crippen LogP contribution is 2.54. The highest BCUT2D eigenvalue weighted by atomic mass is 16.7. The third-order valence-electron chi connectivity index (χ3n) is 12.7. The number of rotatable bonds is 16. The molecular formula is C46H88O11. The van der Waals surface area contributed by atoms with E-state index in [9.17, 15) is 19.8 Å². The number of esters is 1. The van der Waals surface area contributed by atoms with Crippen LogP contribution in [0.15, 0.2) is 0 Å². The Kier molecular flexibility index (Phi) is 24.0. The molecule has 2 N–H and O–H groups in total. The average molecular weight is 817 g/mol. The third kappa shape index (κ3) is 14.1. The van der Waals surface area contributed by atoms with Crippen LogP contribution in [0.3, 0.4) is 0 Å². The molecule has 0 aromatic carbocycles. The van der Waals surface area contributed by atoms with E-state index in [2.05, 4.69) is 62.3 Å². The van der Waals surface area contributed by atoms with Gasteiger partial charge in [-0.1, -0.05) is 109 Å². The maximum absolute atomic E-state index is 11.8. The third-order valence-corrected chi connectivity index (χ3v) is 12.7. The van der Waals surface area contributed by atoms with Gasteiger partial charge in [-0.3, -0.25) is 9.59 Å². The second-order valence-corrected chi connectivity index (χ2v) is 17.5. The van der Waals surface area contributed by atoms with Gasteiger partial charge in [0.15, 0.2) is 12.6 Å². The Morgan fingerprint density at radius 2 is 1.54 bits per heavy atom. The number of methoxy groups -OCH3 is 1. The zero-order valence-corrected chi connectivity index (χ0v) is 39.2. The number of ether oxygens (including phenoxy) is 7. The normalized spacial score (nSPS) is 36.0. The lowest BCUT2D eigenvalue weighted by atomic mass is 9.78. The topological polar surface area (TPSA) is 139 Å². The van der Waals surface area contributed by atoms with Crippen LogP contribution in [-0.2, 0) is 42.7 Å². The average Bonchev–Trinajstić information content (AvgIpc) is 3.89. The predicted octanol–water partition coefficient (Wildman–Crippen LogP) is 10.1. The molecule has 11 nitrogen and oxygen atoms in total. The molecule has 338 valence electrons. The molecule has 10 unspecified atom stereocenters. The van der Waals surface area contributed by atoms with E-state index in [0.29, 0.717) is 19.3 Å². The first-order valence-corrected chi connectivity index (χ1v) is 22.8. The number of aliphatic carboxylic acids is 1. The van der Waals surface area contributed by atoms with Gasteiger partial charge in [-0.05, 0) is 64.2 Å². The van der Waals surface area contributed by atoms with Crippen molar-refractivity contribution in [2.75, 3.05) is 13.9 Å². The summed E-state index contributed by atoms with van der Waals surface area (Å²) in [6, 6.07) is 0. The van der Waals surface area contributed by atoms with Crippen molar-refractivity contribution < 1.29 is 53.0 Å². The standard InChI is InChI=1S/C37H64O11.C4H10.C3H8.C2H6/c1-11-13-21(3)30(44-20-43-26(8)38)28-18-22(4)33(45-28)36(12-2)15-14-29(46-36)35(9)16-17-37(48-35)19-27(39)23(5)32(47-37)24(6)31(42-10)25(7)34(40)41;1-3-4-2;1-3-2;1-2/h21-25,27-33,39H,11-20H2,1-10H3,(H,40,41);3-4H2,1-2H3;3H2,1-2H3;1-2H3/t21?,22?,23-,24?,25?,27?,28?,29-,30?,31-,32?,33?,35+,36+,37?;;;/m1.../s1. The summed E-state index contributed by atoms with van der Waals surface area (Å²) in [6.07, 6.45) is 8.53. The van der Waals surface area contributed by atoms with Gasteiger partial charge in [-0.25, -0.2) is 0 Å². The van der Waals surface area contributed by atoms with Gasteiger partial charge in [0.25, 0.3) is 0 Å². The predicted molar refractivity (Wildman–Crippen MR) is 226 cm³/mol. The quantitative estimate of drug-likeness (QED) is 0.114. The summed E-state index contributed by atoms with van der Waals surface area (Å²) in [6.45, 7) is 30.3. The zero-order chi connectivity index (χ0) is 43.7. The van der Waals surface area contributed by atoms with Gasteiger partial charge in [0.05, 0.1) is 59.8 Å². The number of carbonyl (C=O) groups is 2. The molecule has 1 spiro atoms. The van der Waals surface area contributed by atoms with Gasteiger partial charge >= 0.3 is 11.9 Å². The highest BCUT2D eigenvalue weighted by Gasteiger charge is 2.61. The van der Waals surface area contributed by atoms with Crippen LogP contribution in [0.4, 0.5) is 0 Å². The second kappa shape index (κ2) is 25.4. The Morgan fingerprint density at radius 3 is 2.05 bits per heavy atom. The Bertz CT molecular complexity index is 1140. The van der Waals surface area contributed by atoms with Crippen molar-refractivity contribution in [2.24, 2.45) is 29.6 Å². The SMILES string of the molecule is CC.CCC.CCCC.CCCC(C)C(OCOC(C)=O)C1CC(C)C([C@]2(CC)CC[C@H]([C@]3(C)CCC4(CC(O)[C@@H](C)C(C(C)[C@@H](OC)C(C)C(=O)O)O4)O3)O2)O1. The van der Waals surface area contributed by atoms with Crippen molar-refractivity contribution in [2.45, 2.75) is 241 Å². The molecule has 0 aliphatic carbocycles. The minimum absolute atomic E-state index is 0.0816. The lowest BCUT2D eigenvalue weighted by Gasteiger charge is -2.48. The Balaban J connectivity index is 0.00000165. The number of hydrogen-bond acceptors (Lipinski definition) is 10. The molecule has 15 atom stereocenters. The molecule has 0 amide bonds. The number of hydrogen-bond donors (Lipinski definition) is 2. The summed E-state index contributed by atoms with van der Waals surface area (Å²) < 4.78 is 44.7. The van der Waals surface area contributed by atoms with Crippen LogP contribution in [0.2, 0.25) is 0 Å². The molecule has 4 saturated heterocycles. The van der Waals surface area contributed by atoms with Gasteiger partial charge in [-0.2, -0.15) is 0 Å². The lowest BCUT2D eigenvalue weighted by Crippen LogP contribution is -2.57. The maximum atomic E-state index is 11.8. The van der Waals surface area contributed by atoms with E-state index in [1.54, 1.807) is 6.92 Å². The van der Waals surface area contributed by atoms with E-state index >= 15 is 0 Å². The van der Waals surface area contributed by atoms with Crippen LogP contribution in [0, 0.1) is 29.6 Å². The van der Waals surface area contributed by atoms with Crippen LogP contribution >= 0.6 is 0 Å². The molecule has 57 heavy (non-hydrogen) atoms. The van der Waals surface area contributed by atoms with Gasteiger partial charge in [0.2, 0.25) is 0 Å². The maximum Gasteiger partial charge on any atom is 0.308 e. The molecule has 0 bridgehead atoms. The van der Waals surface area contributed by atoms with E-state index in [-0.39, 0.29) is 60.8 Å². The van der Waals surface area contributed by atoms with E-state index in [1.807, 2.05) is 27.7 Å². The van der Waals surface area contributed by atoms with Crippen LogP contribution in [0.5, 0.6) is 0 Å². The molecule has 4 fully saturated rings. The first-order valence-electron chi connectivity index (χ1n) is 22.8. The van der Waals surface area contributed by atoms with Gasteiger partial charge < -0.3 is 43.4 Å². The van der Waals surface area contributed by atoms with Crippen molar-refractivity contribution in [3.05, 3.63) is 0 Å². The summed E-state index contributed by atoms with van der Waals surface area (Å²) in [5.74, 6) is -3.04. The molecule has 4 aliphatic rings. The molecule has 4 heterocycles. The Morgan fingerprint density at radius 1 is 0.930 bits per heavy atom. The summed E-state index contributed by atoms with van der Waals surface area (Å²) in [7, 11) is 1.53. The van der Waals surface area contributed by atoms with Crippen LogP contribution in [-0.4, -0.2) is 95.8 Å². The number of aliphatic hydroxyl groups is 1. The number of carboxylic acid groups (broad SMARTS) is 1. The second-order valence-electron chi connectivity index (χ2n) is 17.5. The summed E-state index contributed by atoms with van der Waals surface area (Å²) in [5.41, 5.74) is -1.11. The van der Waals surface area contributed by atoms with Gasteiger partial charge in [0.1, 0.15) is 0 Å². The minimum Gasteiger partial charge on any atom is -0.481 e.